The highest BCUT2D eigenvalue weighted by Gasteiger charge is 2.46. The molecule has 1 aliphatic carbocycles. The fourth-order valence-electron chi connectivity index (χ4n) is 11.5. The predicted molar refractivity (Wildman–Crippen MR) is 303 cm³/mol. The van der Waals surface area contributed by atoms with Gasteiger partial charge in [-0.1, -0.05) is 255 Å². The average molecular weight is 916 g/mol. The van der Waals surface area contributed by atoms with Gasteiger partial charge in [0.2, 0.25) is 0 Å². The monoisotopic (exact) mass is 915 g/mol. The summed E-state index contributed by atoms with van der Waals surface area (Å²) < 4.78 is 0. The van der Waals surface area contributed by atoms with E-state index in [1.807, 2.05) is 0 Å². The summed E-state index contributed by atoms with van der Waals surface area (Å²) in [7, 11) is 0. The topological polar surface area (TPSA) is 3.24 Å². The molecule has 0 spiro atoms. The summed E-state index contributed by atoms with van der Waals surface area (Å²) in [5, 5.41) is 2.49. The summed E-state index contributed by atoms with van der Waals surface area (Å²) in [6.07, 6.45) is 0. The van der Waals surface area contributed by atoms with E-state index in [9.17, 15) is 0 Å². The van der Waals surface area contributed by atoms with Crippen LogP contribution in [0.25, 0.3) is 77.5 Å². The summed E-state index contributed by atoms with van der Waals surface area (Å²) in [5.41, 5.74) is 22.4. The molecule has 0 bridgehead atoms. The molecule has 0 unspecified atom stereocenters. The minimum absolute atomic E-state index is 0.469. The Balaban J connectivity index is 0.939. The molecule has 0 aromatic heterocycles. The van der Waals surface area contributed by atoms with Crippen molar-refractivity contribution in [1.82, 2.24) is 0 Å². The Morgan fingerprint density at radius 1 is 0.236 bits per heavy atom. The van der Waals surface area contributed by atoms with Gasteiger partial charge in [-0.05, 0) is 137 Å². The average Bonchev–Trinajstić information content (AvgIpc) is 3.76. The van der Waals surface area contributed by atoms with Crippen molar-refractivity contribution in [2.75, 3.05) is 4.90 Å². The van der Waals surface area contributed by atoms with E-state index in [0.717, 1.165) is 33.8 Å². The van der Waals surface area contributed by atoms with Crippen LogP contribution in [0.3, 0.4) is 0 Å². The normalized spacial score (nSPS) is 12.3. The first-order valence-electron chi connectivity index (χ1n) is 24.9. The van der Waals surface area contributed by atoms with Gasteiger partial charge in [0.25, 0.3) is 0 Å². The quantitative estimate of drug-likeness (QED) is 0.132. The number of hydrogen-bond acceptors (Lipinski definition) is 1. The number of fused-ring (bicyclic) bond motifs is 4. The Labute approximate surface area is 422 Å². The highest BCUT2D eigenvalue weighted by molar-refractivity contribution is 5.98. The largest absolute Gasteiger partial charge is 0.310 e. The minimum atomic E-state index is -0.469. The van der Waals surface area contributed by atoms with Gasteiger partial charge < -0.3 is 4.90 Å². The summed E-state index contributed by atoms with van der Waals surface area (Å²) in [6, 6.07) is 109. The SMILES string of the molecule is c1ccc(-c2ccccc2-c2ccc(N(c3ccc(-c4ccc5c(c4)C(c4ccccc4)(c4ccccc4)c4ccccc4-5)cc3)c3ccccc3-c3cccc(-c4cccc5ccccc45)c3)cc2)cc1. The van der Waals surface area contributed by atoms with Gasteiger partial charge in [0.05, 0.1) is 11.1 Å². The van der Waals surface area contributed by atoms with Crippen LogP contribution in [0.1, 0.15) is 22.3 Å². The van der Waals surface area contributed by atoms with E-state index >= 15 is 0 Å². The number of hydrogen-bond donors (Lipinski definition) is 0. The Kier molecular flexibility index (Phi) is 10.8. The second-order valence-electron chi connectivity index (χ2n) is 18.8. The number of anilines is 3. The summed E-state index contributed by atoms with van der Waals surface area (Å²) in [4.78, 5) is 2.42. The van der Waals surface area contributed by atoms with Crippen LogP contribution in [0.2, 0.25) is 0 Å². The number of nitrogens with zero attached hydrogens (tertiary/aromatic N) is 1. The van der Waals surface area contributed by atoms with Crippen molar-refractivity contribution in [3.63, 3.8) is 0 Å². The van der Waals surface area contributed by atoms with Gasteiger partial charge in [-0.3, -0.25) is 0 Å². The van der Waals surface area contributed by atoms with Gasteiger partial charge in [0.1, 0.15) is 0 Å². The van der Waals surface area contributed by atoms with Crippen molar-refractivity contribution >= 4 is 27.8 Å². The summed E-state index contributed by atoms with van der Waals surface area (Å²) in [5.74, 6) is 0. The molecule has 12 aromatic carbocycles. The molecule has 0 N–H and O–H groups in total. The van der Waals surface area contributed by atoms with Crippen molar-refractivity contribution in [3.8, 4) is 66.8 Å². The molecule has 0 aliphatic heterocycles. The fraction of sp³-hybridized carbons (Fsp3) is 0.0141. The van der Waals surface area contributed by atoms with Crippen molar-refractivity contribution in [1.29, 1.82) is 0 Å². The predicted octanol–water partition coefficient (Wildman–Crippen LogP) is 19.0. The molecule has 338 valence electrons. The maximum atomic E-state index is 2.45. The Hall–Kier alpha value is -9.30. The molecule has 0 saturated heterocycles. The number of benzene rings is 12. The fourth-order valence-corrected chi connectivity index (χ4v) is 11.5. The first-order valence-corrected chi connectivity index (χ1v) is 24.9. The van der Waals surface area contributed by atoms with E-state index in [1.54, 1.807) is 0 Å². The highest BCUT2D eigenvalue weighted by atomic mass is 15.1. The number of para-hydroxylation sites is 1. The Bertz CT molecular complexity index is 3850. The first kappa shape index (κ1) is 42.8. The molecule has 72 heavy (non-hydrogen) atoms. The second kappa shape index (κ2) is 18.2. The zero-order valence-electron chi connectivity index (χ0n) is 39.7. The van der Waals surface area contributed by atoms with Gasteiger partial charge in [0, 0.05) is 16.9 Å². The summed E-state index contributed by atoms with van der Waals surface area (Å²) >= 11 is 0. The van der Waals surface area contributed by atoms with E-state index in [-0.39, 0.29) is 0 Å². The first-order chi connectivity index (χ1) is 35.7. The van der Waals surface area contributed by atoms with Crippen LogP contribution >= 0.6 is 0 Å². The van der Waals surface area contributed by atoms with Crippen LogP contribution < -0.4 is 4.90 Å². The second-order valence-corrected chi connectivity index (χ2v) is 18.8. The van der Waals surface area contributed by atoms with E-state index in [0.29, 0.717) is 0 Å². The van der Waals surface area contributed by atoms with Gasteiger partial charge in [-0.2, -0.15) is 0 Å². The van der Waals surface area contributed by atoms with Crippen molar-refractivity contribution in [3.05, 3.63) is 320 Å². The molecule has 0 radical (unpaired) electrons. The third-order valence-electron chi connectivity index (χ3n) is 14.8. The number of rotatable bonds is 10. The van der Waals surface area contributed by atoms with Crippen LogP contribution in [0.4, 0.5) is 17.1 Å². The van der Waals surface area contributed by atoms with Gasteiger partial charge in [-0.25, -0.2) is 0 Å². The molecule has 0 fully saturated rings. The molecule has 1 nitrogen and oxygen atoms in total. The standard InChI is InChI=1S/C71H49N/c1-4-20-51(21-5-1)61-31-12-13-32-63(61)53-40-45-60(46-41-53)72(70-37-17-15-33-65(70)56-25-18-24-55(48-56)64-35-19-23-52-22-10-11-30-62(52)64)59-43-38-50(39-44-59)54-42-47-67-66-34-14-16-36-68(66)71(69(67)49-54,57-26-6-2-7-27-57)58-28-8-3-9-29-58/h1-49H. The lowest BCUT2D eigenvalue weighted by Gasteiger charge is -2.34. The van der Waals surface area contributed by atoms with Gasteiger partial charge >= 0.3 is 0 Å². The Morgan fingerprint density at radius 3 is 1.36 bits per heavy atom. The third-order valence-corrected chi connectivity index (χ3v) is 14.8. The van der Waals surface area contributed by atoms with Crippen molar-refractivity contribution in [2.45, 2.75) is 5.41 Å². The molecule has 13 rings (SSSR count). The molecule has 12 aromatic rings. The zero-order chi connectivity index (χ0) is 47.8. The van der Waals surface area contributed by atoms with Crippen LogP contribution in [0, 0.1) is 0 Å². The lowest BCUT2D eigenvalue weighted by Crippen LogP contribution is -2.28. The van der Waals surface area contributed by atoms with E-state index < -0.39 is 5.41 Å². The molecule has 0 heterocycles. The minimum Gasteiger partial charge on any atom is -0.310 e. The smallest absolute Gasteiger partial charge is 0.0713 e. The molecule has 0 saturated carbocycles. The zero-order valence-corrected chi connectivity index (χ0v) is 39.7. The van der Waals surface area contributed by atoms with Crippen LogP contribution in [-0.2, 0) is 5.41 Å². The lowest BCUT2D eigenvalue weighted by atomic mass is 9.67. The molecule has 0 amide bonds. The maximum Gasteiger partial charge on any atom is 0.0713 e. The highest BCUT2D eigenvalue weighted by Crippen LogP contribution is 2.57. The van der Waals surface area contributed by atoms with Crippen LogP contribution in [0.15, 0.2) is 297 Å². The Morgan fingerprint density at radius 2 is 0.681 bits per heavy atom. The molecular weight excluding hydrogens is 867 g/mol. The lowest BCUT2D eigenvalue weighted by molar-refractivity contribution is 0.769. The molecule has 0 atom stereocenters. The molecular formula is C71H49N. The molecule has 1 heteroatoms. The van der Waals surface area contributed by atoms with Crippen LogP contribution in [-0.4, -0.2) is 0 Å². The van der Waals surface area contributed by atoms with Crippen molar-refractivity contribution in [2.24, 2.45) is 0 Å². The van der Waals surface area contributed by atoms with E-state index in [2.05, 4.69) is 302 Å². The maximum absolute atomic E-state index is 2.45. The molecule has 1 aliphatic rings. The van der Waals surface area contributed by atoms with Gasteiger partial charge in [0.15, 0.2) is 0 Å². The van der Waals surface area contributed by atoms with Crippen molar-refractivity contribution < 1.29 is 0 Å². The van der Waals surface area contributed by atoms with E-state index in [1.165, 1.54) is 83.1 Å². The van der Waals surface area contributed by atoms with E-state index in [4.69, 9.17) is 0 Å². The van der Waals surface area contributed by atoms with Crippen LogP contribution in [0.5, 0.6) is 0 Å². The third kappa shape index (κ3) is 7.34. The van der Waals surface area contributed by atoms with Gasteiger partial charge in [-0.15, -0.1) is 0 Å². The summed E-state index contributed by atoms with van der Waals surface area (Å²) in [6.45, 7) is 0.